The first-order chi connectivity index (χ1) is 9.47. The molecule has 0 saturated carbocycles. The Hall–Kier alpha value is -2.47. The summed E-state index contributed by atoms with van der Waals surface area (Å²) in [4.78, 5) is 26.2. The number of pyridine rings is 1. The van der Waals surface area contributed by atoms with Crippen LogP contribution in [-0.4, -0.2) is 22.0 Å². The summed E-state index contributed by atoms with van der Waals surface area (Å²) in [6.45, 7) is 0. The molecule has 0 aliphatic heterocycles. The van der Waals surface area contributed by atoms with E-state index < -0.39 is 17.7 Å². The summed E-state index contributed by atoms with van der Waals surface area (Å²) >= 11 is 5.59. The van der Waals surface area contributed by atoms with Crippen molar-refractivity contribution in [3.8, 4) is 0 Å². The molecule has 2 rings (SSSR count). The highest BCUT2D eigenvalue weighted by Crippen LogP contribution is 2.16. The number of rotatable bonds is 3. The van der Waals surface area contributed by atoms with Gasteiger partial charge in [0.1, 0.15) is 11.6 Å². The van der Waals surface area contributed by atoms with E-state index in [1.54, 1.807) is 0 Å². The van der Waals surface area contributed by atoms with Gasteiger partial charge in [0.25, 0.3) is 5.91 Å². The lowest BCUT2D eigenvalue weighted by molar-refractivity contribution is 0.0696. The van der Waals surface area contributed by atoms with Crippen LogP contribution in [-0.2, 0) is 0 Å². The van der Waals surface area contributed by atoms with Crippen LogP contribution in [0.2, 0.25) is 5.02 Å². The average molecular weight is 295 g/mol. The number of hydrogen-bond acceptors (Lipinski definition) is 3. The highest BCUT2D eigenvalue weighted by Gasteiger charge is 2.13. The summed E-state index contributed by atoms with van der Waals surface area (Å²) in [7, 11) is 0. The topological polar surface area (TPSA) is 79.3 Å². The molecule has 7 heteroatoms. The largest absolute Gasteiger partial charge is 0.478 e. The maximum absolute atomic E-state index is 13.5. The Balaban J connectivity index is 2.17. The van der Waals surface area contributed by atoms with Crippen molar-refractivity contribution < 1.29 is 19.1 Å². The lowest BCUT2D eigenvalue weighted by Crippen LogP contribution is -2.14. The van der Waals surface area contributed by atoms with Gasteiger partial charge in [0.2, 0.25) is 0 Å². The smallest absolute Gasteiger partial charge is 0.337 e. The molecule has 5 nitrogen and oxygen atoms in total. The summed E-state index contributed by atoms with van der Waals surface area (Å²) in [6.07, 6.45) is 1.09. The molecule has 0 radical (unpaired) electrons. The van der Waals surface area contributed by atoms with Crippen LogP contribution in [0, 0.1) is 5.82 Å². The predicted molar refractivity (Wildman–Crippen MR) is 70.6 cm³/mol. The van der Waals surface area contributed by atoms with E-state index in [4.69, 9.17) is 16.7 Å². The van der Waals surface area contributed by atoms with E-state index in [9.17, 15) is 14.0 Å². The molecule has 0 saturated heterocycles. The number of carbonyl (C=O) groups excluding carboxylic acids is 1. The lowest BCUT2D eigenvalue weighted by atomic mass is 10.2. The zero-order chi connectivity index (χ0) is 14.7. The van der Waals surface area contributed by atoms with E-state index in [0.29, 0.717) is 0 Å². The van der Waals surface area contributed by atoms with Crippen molar-refractivity contribution in [2.24, 2.45) is 0 Å². The summed E-state index contributed by atoms with van der Waals surface area (Å²) in [5, 5.41) is 11.3. The van der Waals surface area contributed by atoms with Crippen molar-refractivity contribution in [3.63, 3.8) is 0 Å². The molecule has 0 bridgehead atoms. The number of carboxylic acid groups (broad SMARTS) is 1. The van der Waals surface area contributed by atoms with Gasteiger partial charge in [-0.3, -0.25) is 4.79 Å². The van der Waals surface area contributed by atoms with Crippen molar-refractivity contribution in [1.82, 2.24) is 4.98 Å². The Kier molecular flexibility index (Phi) is 3.95. The molecule has 2 N–H and O–H groups in total. The van der Waals surface area contributed by atoms with Gasteiger partial charge >= 0.3 is 5.97 Å². The minimum absolute atomic E-state index is 0.0133. The molecule has 0 unspecified atom stereocenters. The third-order valence-corrected chi connectivity index (χ3v) is 2.66. The third-order valence-electron chi connectivity index (χ3n) is 2.43. The zero-order valence-corrected chi connectivity index (χ0v) is 10.7. The number of benzene rings is 1. The summed E-state index contributed by atoms with van der Waals surface area (Å²) in [5.74, 6) is -2.46. The van der Waals surface area contributed by atoms with Gasteiger partial charge in [0.05, 0.1) is 11.1 Å². The zero-order valence-electron chi connectivity index (χ0n) is 9.93. The van der Waals surface area contributed by atoms with Crippen LogP contribution in [0.3, 0.4) is 0 Å². The molecule has 0 aliphatic carbocycles. The molecular weight excluding hydrogens is 287 g/mol. The number of aromatic carboxylic acids is 1. The fourth-order valence-electron chi connectivity index (χ4n) is 1.45. The van der Waals surface area contributed by atoms with E-state index >= 15 is 0 Å². The van der Waals surface area contributed by atoms with Gasteiger partial charge in [-0.15, -0.1) is 0 Å². The quantitative estimate of drug-likeness (QED) is 0.912. The first-order valence-corrected chi connectivity index (χ1v) is 5.81. The summed E-state index contributed by atoms with van der Waals surface area (Å²) in [5.41, 5.74) is -0.195. The van der Waals surface area contributed by atoms with Crippen LogP contribution >= 0.6 is 11.6 Å². The van der Waals surface area contributed by atoms with Gasteiger partial charge in [-0.05, 0) is 30.3 Å². The number of aromatic nitrogens is 1. The number of carbonyl (C=O) groups is 2. The lowest BCUT2D eigenvalue weighted by Gasteiger charge is -2.05. The highest BCUT2D eigenvalue weighted by atomic mass is 35.5. The molecule has 20 heavy (non-hydrogen) atoms. The molecule has 0 aliphatic rings. The first-order valence-electron chi connectivity index (χ1n) is 5.43. The molecule has 1 heterocycles. The van der Waals surface area contributed by atoms with Crippen molar-refractivity contribution in [2.75, 3.05) is 5.32 Å². The maximum Gasteiger partial charge on any atom is 0.337 e. The highest BCUT2D eigenvalue weighted by molar-refractivity contribution is 6.30. The van der Waals surface area contributed by atoms with Crippen molar-refractivity contribution in [1.29, 1.82) is 0 Å². The first kappa shape index (κ1) is 14.0. The fourth-order valence-corrected chi connectivity index (χ4v) is 1.61. The van der Waals surface area contributed by atoms with E-state index in [0.717, 1.165) is 12.3 Å². The molecule has 102 valence electrons. The SMILES string of the molecule is O=C(O)c1ccc(NC(=O)c2ccc(Cl)cc2F)nc1. The minimum atomic E-state index is -1.13. The standard InChI is InChI=1S/C13H8ClFN2O3/c14-8-2-3-9(10(15)5-8)12(18)17-11-4-1-7(6-16-11)13(19)20/h1-6H,(H,19,20)(H,16,17,18). The Bertz CT molecular complexity index is 674. The van der Waals surface area contributed by atoms with Crippen LogP contribution in [0.1, 0.15) is 20.7 Å². The molecule has 2 aromatic rings. The van der Waals surface area contributed by atoms with Crippen LogP contribution < -0.4 is 5.32 Å². The Morgan fingerprint density at radius 3 is 2.55 bits per heavy atom. The predicted octanol–water partition coefficient (Wildman–Crippen LogP) is 2.82. The molecular formula is C13H8ClFN2O3. The second kappa shape index (κ2) is 5.66. The van der Waals surface area contributed by atoms with E-state index in [-0.39, 0.29) is 22.0 Å². The van der Waals surface area contributed by atoms with E-state index in [1.807, 2.05) is 0 Å². The Morgan fingerprint density at radius 2 is 2.00 bits per heavy atom. The minimum Gasteiger partial charge on any atom is -0.478 e. The molecule has 0 atom stereocenters. The van der Waals surface area contributed by atoms with Gasteiger partial charge in [-0.25, -0.2) is 14.2 Å². The van der Waals surface area contributed by atoms with Crippen LogP contribution in [0.4, 0.5) is 10.2 Å². The average Bonchev–Trinajstić information content (AvgIpc) is 2.39. The van der Waals surface area contributed by atoms with Gasteiger partial charge in [0, 0.05) is 11.2 Å². The molecule has 1 amide bonds. The normalized spacial score (nSPS) is 10.1. The number of anilines is 1. The second-order valence-corrected chi connectivity index (χ2v) is 4.25. The van der Waals surface area contributed by atoms with Crippen LogP contribution in [0.25, 0.3) is 0 Å². The monoisotopic (exact) mass is 294 g/mol. The van der Waals surface area contributed by atoms with E-state index in [2.05, 4.69) is 10.3 Å². The molecule has 0 fully saturated rings. The summed E-state index contributed by atoms with van der Waals surface area (Å²) in [6, 6.07) is 6.26. The number of carboxylic acids is 1. The number of halogens is 2. The van der Waals surface area contributed by atoms with Crippen molar-refractivity contribution in [2.45, 2.75) is 0 Å². The van der Waals surface area contributed by atoms with Gasteiger partial charge in [0.15, 0.2) is 0 Å². The van der Waals surface area contributed by atoms with Crippen LogP contribution in [0.15, 0.2) is 36.5 Å². The molecule has 1 aromatic carbocycles. The van der Waals surface area contributed by atoms with Crippen molar-refractivity contribution >= 4 is 29.3 Å². The van der Waals surface area contributed by atoms with Crippen LogP contribution in [0.5, 0.6) is 0 Å². The van der Waals surface area contributed by atoms with Gasteiger partial charge in [-0.1, -0.05) is 11.6 Å². The number of hydrogen-bond donors (Lipinski definition) is 2. The Morgan fingerprint density at radius 1 is 1.25 bits per heavy atom. The Labute approximate surface area is 118 Å². The number of amides is 1. The molecule has 1 aromatic heterocycles. The second-order valence-electron chi connectivity index (χ2n) is 3.82. The van der Waals surface area contributed by atoms with Gasteiger partial charge in [-0.2, -0.15) is 0 Å². The third kappa shape index (κ3) is 3.10. The fraction of sp³-hybridized carbons (Fsp3) is 0. The van der Waals surface area contributed by atoms with Gasteiger partial charge < -0.3 is 10.4 Å². The molecule has 0 spiro atoms. The van der Waals surface area contributed by atoms with E-state index in [1.165, 1.54) is 24.3 Å². The number of nitrogens with zero attached hydrogens (tertiary/aromatic N) is 1. The maximum atomic E-state index is 13.5. The summed E-state index contributed by atoms with van der Waals surface area (Å²) < 4.78 is 13.5. The van der Waals surface area contributed by atoms with Crippen molar-refractivity contribution in [3.05, 3.63) is 58.5 Å². The number of nitrogens with one attached hydrogen (secondary N) is 1.